The number of rotatable bonds is 3. The fourth-order valence-electron chi connectivity index (χ4n) is 1.39. The Bertz CT molecular complexity index is 600. The molecule has 3 nitrogen and oxygen atoms in total. The summed E-state index contributed by atoms with van der Waals surface area (Å²) in [6.07, 6.45) is -3.10. The van der Waals surface area contributed by atoms with Gasteiger partial charge in [0.25, 0.3) is 0 Å². The Morgan fingerprint density at radius 2 is 1.90 bits per heavy atom. The minimum Gasteiger partial charge on any atom is -0.439 e. The first-order valence-corrected chi connectivity index (χ1v) is 6.28. The lowest BCUT2D eigenvalue weighted by atomic mass is 10.3. The van der Waals surface area contributed by atoms with Gasteiger partial charge in [0.1, 0.15) is 11.5 Å². The standard InChI is InChI=1S/C13H9BrF3NO2/c1-8-2-5-12(18-7-8)19-9-3-4-11(10(14)6-9)20-13(15,16)17/h2-7H,1H3. The van der Waals surface area contributed by atoms with E-state index in [1.165, 1.54) is 18.2 Å². The molecule has 0 N–H and O–H groups in total. The van der Waals surface area contributed by atoms with Crippen LogP contribution < -0.4 is 9.47 Å². The maximum absolute atomic E-state index is 12.1. The molecule has 2 rings (SSSR count). The van der Waals surface area contributed by atoms with Crippen LogP contribution in [0.2, 0.25) is 0 Å². The molecule has 0 aliphatic heterocycles. The maximum Gasteiger partial charge on any atom is 0.573 e. The minimum atomic E-state index is -4.73. The van der Waals surface area contributed by atoms with Crippen molar-refractivity contribution in [3.05, 3.63) is 46.6 Å². The van der Waals surface area contributed by atoms with Gasteiger partial charge in [-0.2, -0.15) is 0 Å². The lowest BCUT2D eigenvalue weighted by Gasteiger charge is -2.11. The normalized spacial score (nSPS) is 11.2. The van der Waals surface area contributed by atoms with E-state index in [2.05, 4.69) is 25.7 Å². The molecule has 0 aliphatic rings. The number of alkyl halides is 3. The highest BCUT2D eigenvalue weighted by Gasteiger charge is 2.32. The van der Waals surface area contributed by atoms with E-state index in [4.69, 9.17) is 4.74 Å². The quantitative estimate of drug-likeness (QED) is 0.795. The molecule has 0 saturated carbocycles. The summed E-state index contributed by atoms with van der Waals surface area (Å²) in [6.45, 7) is 1.89. The summed E-state index contributed by atoms with van der Waals surface area (Å²) in [6, 6.07) is 7.40. The molecule has 0 spiro atoms. The van der Waals surface area contributed by atoms with E-state index in [1.54, 1.807) is 12.3 Å². The van der Waals surface area contributed by atoms with Crippen molar-refractivity contribution in [3.63, 3.8) is 0 Å². The van der Waals surface area contributed by atoms with Crippen molar-refractivity contribution < 1.29 is 22.6 Å². The fourth-order valence-corrected chi connectivity index (χ4v) is 1.83. The van der Waals surface area contributed by atoms with Crippen LogP contribution in [0.4, 0.5) is 13.2 Å². The van der Waals surface area contributed by atoms with Crippen LogP contribution in [0.15, 0.2) is 41.0 Å². The van der Waals surface area contributed by atoms with Gasteiger partial charge in [0, 0.05) is 12.3 Å². The van der Waals surface area contributed by atoms with E-state index in [0.29, 0.717) is 11.6 Å². The summed E-state index contributed by atoms with van der Waals surface area (Å²) in [5.74, 6) is 0.372. The third-order valence-corrected chi connectivity index (χ3v) is 2.86. The molecular formula is C13H9BrF3NO2. The number of aryl methyl sites for hydroxylation is 1. The molecule has 7 heteroatoms. The Morgan fingerprint density at radius 3 is 2.45 bits per heavy atom. The SMILES string of the molecule is Cc1ccc(Oc2ccc(OC(F)(F)F)c(Br)c2)nc1. The van der Waals surface area contributed by atoms with Crippen molar-refractivity contribution in [3.8, 4) is 17.4 Å². The number of aromatic nitrogens is 1. The van der Waals surface area contributed by atoms with Crippen LogP contribution in [-0.2, 0) is 0 Å². The van der Waals surface area contributed by atoms with E-state index in [-0.39, 0.29) is 10.2 Å². The van der Waals surface area contributed by atoms with Crippen molar-refractivity contribution in [2.45, 2.75) is 13.3 Å². The smallest absolute Gasteiger partial charge is 0.439 e. The van der Waals surface area contributed by atoms with Crippen molar-refractivity contribution >= 4 is 15.9 Å². The van der Waals surface area contributed by atoms with Gasteiger partial charge in [-0.3, -0.25) is 0 Å². The summed E-state index contributed by atoms with van der Waals surface area (Å²) in [7, 11) is 0. The highest BCUT2D eigenvalue weighted by molar-refractivity contribution is 9.10. The molecule has 1 aromatic carbocycles. The number of pyridine rings is 1. The molecule has 106 valence electrons. The molecule has 0 unspecified atom stereocenters. The minimum absolute atomic E-state index is 0.138. The lowest BCUT2D eigenvalue weighted by Crippen LogP contribution is -2.17. The molecule has 20 heavy (non-hydrogen) atoms. The second-order valence-electron chi connectivity index (χ2n) is 3.92. The Labute approximate surface area is 121 Å². The zero-order valence-electron chi connectivity index (χ0n) is 10.2. The monoisotopic (exact) mass is 347 g/mol. The molecule has 0 fully saturated rings. The first-order valence-electron chi connectivity index (χ1n) is 5.49. The van der Waals surface area contributed by atoms with Crippen LogP contribution in [0.5, 0.6) is 17.4 Å². The third-order valence-electron chi connectivity index (χ3n) is 2.24. The van der Waals surface area contributed by atoms with Crippen molar-refractivity contribution in [1.82, 2.24) is 4.98 Å². The number of nitrogens with zero attached hydrogens (tertiary/aromatic N) is 1. The van der Waals surface area contributed by atoms with E-state index in [0.717, 1.165) is 5.56 Å². The van der Waals surface area contributed by atoms with Gasteiger partial charge in [-0.15, -0.1) is 13.2 Å². The number of halogens is 4. The highest BCUT2D eigenvalue weighted by Crippen LogP contribution is 2.34. The largest absolute Gasteiger partial charge is 0.573 e. The van der Waals surface area contributed by atoms with E-state index >= 15 is 0 Å². The Kier molecular flexibility index (Phi) is 4.17. The average molecular weight is 348 g/mol. The number of hydrogen-bond acceptors (Lipinski definition) is 3. The topological polar surface area (TPSA) is 31.4 Å². The van der Waals surface area contributed by atoms with Crippen molar-refractivity contribution in [2.24, 2.45) is 0 Å². The Morgan fingerprint density at radius 1 is 1.15 bits per heavy atom. The van der Waals surface area contributed by atoms with Crippen LogP contribution in [-0.4, -0.2) is 11.3 Å². The molecule has 0 amide bonds. The van der Waals surface area contributed by atoms with Crippen molar-refractivity contribution in [2.75, 3.05) is 0 Å². The number of ether oxygens (including phenoxy) is 2. The van der Waals surface area contributed by atoms with Gasteiger partial charge in [0.05, 0.1) is 4.47 Å². The molecule has 0 radical (unpaired) electrons. The lowest BCUT2D eigenvalue weighted by molar-refractivity contribution is -0.274. The fraction of sp³-hybridized carbons (Fsp3) is 0.154. The van der Waals surface area contributed by atoms with Gasteiger partial charge in [0.2, 0.25) is 5.88 Å². The summed E-state index contributed by atoms with van der Waals surface area (Å²) in [4.78, 5) is 4.04. The first kappa shape index (κ1) is 14.6. The van der Waals surface area contributed by atoms with Crippen LogP contribution in [0, 0.1) is 6.92 Å². The van der Waals surface area contributed by atoms with Crippen LogP contribution in [0.3, 0.4) is 0 Å². The Balaban J connectivity index is 2.14. The van der Waals surface area contributed by atoms with Gasteiger partial charge >= 0.3 is 6.36 Å². The van der Waals surface area contributed by atoms with Gasteiger partial charge in [-0.05, 0) is 46.6 Å². The summed E-state index contributed by atoms with van der Waals surface area (Å²) < 4.78 is 45.8. The van der Waals surface area contributed by atoms with Gasteiger partial charge in [-0.1, -0.05) is 6.07 Å². The number of benzene rings is 1. The average Bonchev–Trinajstić information content (AvgIpc) is 2.34. The second kappa shape index (κ2) is 5.70. The third kappa shape index (κ3) is 4.12. The Hall–Kier alpha value is -1.76. The number of hydrogen-bond donors (Lipinski definition) is 0. The molecule has 0 bridgehead atoms. The summed E-state index contributed by atoms with van der Waals surface area (Å²) in [5.41, 5.74) is 0.979. The first-order chi connectivity index (χ1) is 9.33. The van der Waals surface area contributed by atoms with Gasteiger partial charge in [-0.25, -0.2) is 4.98 Å². The van der Waals surface area contributed by atoms with Gasteiger partial charge in [0.15, 0.2) is 0 Å². The van der Waals surface area contributed by atoms with Gasteiger partial charge < -0.3 is 9.47 Å². The predicted octanol–water partition coefficient (Wildman–Crippen LogP) is 4.84. The van der Waals surface area contributed by atoms with Crippen molar-refractivity contribution in [1.29, 1.82) is 0 Å². The van der Waals surface area contributed by atoms with Crippen LogP contribution in [0.25, 0.3) is 0 Å². The molecule has 0 aliphatic carbocycles. The van der Waals surface area contributed by atoms with E-state index in [1.807, 2.05) is 13.0 Å². The maximum atomic E-state index is 12.1. The van der Waals surface area contributed by atoms with Crippen LogP contribution in [0.1, 0.15) is 5.56 Å². The van der Waals surface area contributed by atoms with E-state index < -0.39 is 6.36 Å². The summed E-state index contributed by atoms with van der Waals surface area (Å²) >= 11 is 3.00. The molecular weight excluding hydrogens is 339 g/mol. The van der Waals surface area contributed by atoms with Crippen LogP contribution >= 0.6 is 15.9 Å². The summed E-state index contributed by atoms with van der Waals surface area (Å²) in [5, 5.41) is 0. The zero-order valence-corrected chi connectivity index (χ0v) is 11.8. The predicted molar refractivity (Wildman–Crippen MR) is 69.9 cm³/mol. The molecule has 2 aromatic rings. The second-order valence-corrected chi connectivity index (χ2v) is 4.77. The molecule has 0 atom stereocenters. The highest BCUT2D eigenvalue weighted by atomic mass is 79.9. The molecule has 1 heterocycles. The molecule has 0 saturated heterocycles. The molecule has 1 aromatic heterocycles. The van der Waals surface area contributed by atoms with E-state index in [9.17, 15) is 13.2 Å². The zero-order chi connectivity index (χ0) is 14.8.